The molecule has 0 aromatic heterocycles. The summed E-state index contributed by atoms with van der Waals surface area (Å²) in [4.78, 5) is 2.30. The van der Waals surface area contributed by atoms with E-state index in [9.17, 15) is 0 Å². The maximum atomic E-state index is 5.78. The van der Waals surface area contributed by atoms with Gasteiger partial charge in [0.15, 0.2) is 0 Å². The van der Waals surface area contributed by atoms with E-state index >= 15 is 0 Å². The highest BCUT2D eigenvalue weighted by Gasteiger charge is 2.04. The third kappa shape index (κ3) is 5.04. The van der Waals surface area contributed by atoms with E-state index in [2.05, 4.69) is 11.8 Å². The highest BCUT2D eigenvalue weighted by molar-refractivity contribution is 5.32. The first-order valence-electron chi connectivity index (χ1n) is 6.43. The van der Waals surface area contributed by atoms with Gasteiger partial charge in [-0.3, -0.25) is 4.90 Å². The molecular weight excluding hydrogens is 228 g/mol. The van der Waals surface area contributed by atoms with Crippen molar-refractivity contribution in [2.45, 2.75) is 13.5 Å². The summed E-state index contributed by atoms with van der Waals surface area (Å²) in [6, 6.07) is 7.91. The van der Waals surface area contributed by atoms with Gasteiger partial charge >= 0.3 is 0 Å². The molecule has 0 saturated carbocycles. The molecule has 0 radical (unpaired) electrons. The smallest absolute Gasteiger partial charge is 0.123 e. The monoisotopic (exact) mass is 252 g/mol. The van der Waals surface area contributed by atoms with E-state index in [1.165, 1.54) is 0 Å². The molecule has 0 atom stereocenters. The van der Waals surface area contributed by atoms with Gasteiger partial charge in [-0.1, -0.05) is 25.1 Å². The van der Waals surface area contributed by atoms with Crippen molar-refractivity contribution in [3.8, 4) is 5.75 Å². The Morgan fingerprint density at radius 1 is 1.17 bits per heavy atom. The zero-order chi connectivity index (χ0) is 13.2. The van der Waals surface area contributed by atoms with E-state index in [1.54, 1.807) is 7.11 Å². The van der Waals surface area contributed by atoms with Crippen LogP contribution in [-0.4, -0.2) is 44.9 Å². The summed E-state index contributed by atoms with van der Waals surface area (Å²) in [6.07, 6.45) is 0. The Morgan fingerprint density at radius 3 is 2.56 bits per heavy atom. The third-order valence-corrected chi connectivity index (χ3v) is 2.92. The minimum absolute atomic E-state index is 0.511. The molecule has 0 aliphatic rings. The van der Waals surface area contributed by atoms with Gasteiger partial charge in [0, 0.05) is 32.3 Å². The lowest BCUT2D eigenvalue weighted by molar-refractivity contribution is 0.138. The number of benzene rings is 1. The number of para-hydroxylation sites is 1. The van der Waals surface area contributed by atoms with Gasteiger partial charge in [0.05, 0.1) is 6.61 Å². The molecular formula is C14H24N2O2. The van der Waals surface area contributed by atoms with Gasteiger partial charge in [0.25, 0.3) is 0 Å². The molecule has 4 heteroatoms. The standard InChI is InChI=1S/C14H24N2O2/c1-3-16(8-10-17-2)9-11-18-14-7-5-4-6-13(14)12-15/h4-7H,3,8-12,15H2,1-2H3. The van der Waals surface area contributed by atoms with Crippen LogP contribution in [0.1, 0.15) is 12.5 Å². The van der Waals surface area contributed by atoms with Crippen molar-refractivity contribution < 1.29 is 9.47 Å². The van der Waals surface area contributed by atoms with Crippen molar-refractivity contribution in [3.05, 3.63) is 29.8 Å². The topological polar surface area (TPSA) is 47.7 Å². The van der Waals surface area contributed by atoms with Crippen molar-refractivity contribution in [2.75, 3.05) is 40.0 Å². The lowest BCUT2D eigenvalue weighted by Crippen LogP contribution is -2.31. The number of hydrogen-bond donors (Lipinski definition) is 1. The minimum Gasteiger partial charge on any atom is -0.492 e. The molecule has 0 fully saturated rings. The largest absolute Gasteiger partial charge is 0.492 e. The fraction of sp³-hybridized carbons (Fsp3) is 0.571. The van der Waals surface area contributed by atoms with Gasteiger partial charge in [0.1, 0.15) is 12.4 Å². The maximum Gasteiger partial charge on any atom is 0.123 e. The van der Waals surface area contributed by atoms with Crippen LogP contribution in [0.5, 0.6) is 5.75 Å². The Kier molecular flexibility index (Phi) is 7.41. The van der Waals surface area contributed by atoms with Crippen molar-refractivity contribution >= 4 is 0 Å². The average Bonchev–Trinajstić information content (AvgIpc) is 2.43. The number of methoxy groups -OCH3 is 1. The Hall–Kier alpha value is -1.10. The molecule has 0 saturated heterocycles. The molecule has 0 heterocycles. The number of hydrogen-bond acceptors (Lipinski definition) is 4. The van der Waals surface area contributed by atoms with E-state index in [-0.39, 0.29) is 0 Å². The summed E-state index contributed by atoms with van der Waals surface area (Å²) in [7, 11) is 1.72. The molecule has 0 aliphatic carbocycles. The van der Waals surface area contributed by atoms with Gasteiger partial charge in [-0.25, -0.2) is 0 Å². The van der Waals surface area contributed by atoms with E-state index in [4.69, 9.17) is 15.2 Å². The van der Waals surface area contributed by atoms with Crippen LogP contribution in [0.15, 0.2) is 24.3 Å². The summed E-state index contributed by atoms with van der Waals surface area (Å²) in [5.41, 5.74) is 6.72. The fourth-order valence-electron chi connectivity index (χ4n) is 1.75. The highest BCUT2D eigenvalue weighted by Crippen LogP contribution is 2.16. The maximum absolute atomic E-state index is 5.78. The zero-order valence-corrected chi connectivity index (χ0v) is 11.4. The normalized spacial score (nSPS) is 10.9. The summed E-state index contributed by atoms with van der Waals surface area (Å²) in [5.74, 6) is 0.891. The number of likely N-dealkylation sites (N-methyl/N-ethyl adjacent to an activating group) is 1. The second-order valence-electron chi connectivity index (χ2n) is 4.09. The van der Waals surface area contributed by atoms with Crippen LogP contribution in [0.25, 0.3) is 0 Å². The molecule has 0 spiro atoms. The van der Waals surface area contributed by atoms with Crippen molar-refractivity contribution in [1.29, 1.82) is 0 Å². The quantitative estimate of drug-likeness (QED) is 0.723. The Morgan fingerprint density at radius 2 is 1.89 bits per heavy atom. The van der Waals surface area contributed by atoms with Crippen LogP contribution in [0.3, 0.4) is 0 Å². The van der Waals surface area contributed by atoms with E-state index < -0.39 is 0 Å². The number of ether oxygens (including phenoxy) is 2. The highest BCUT2D eigenvalue weighted by atomic mass is 16.5. The van der Waals surface area contributed by atoms with Crippen molar-refractivity contribution in [3.63, 3.8) is 0 Å². The van der Waals surface area contributed by atoms with Crippen LogP contribution in [0, 0.1) is 0 Å². The molecule has 18 heavy (non-hydrogen) atoms. The van der Waals surface area contributed by atoms with Gasteiger partial charge in [-0.15, -0.1) is 0 Å². The molecule has 0 unspecified atom stereocenters. The van der Waals surface area contributed by atoms with Gasteiger partial charge in [-0.2, -0.15) is 0 Å². The summed E-state index contributed by atoms with van der Waals surface area (Å²) >= 11 is 0. The molecule has 4 nitrogen and oxygen atoms in total. The first-order valence-corrected chi connectivity index (χ1v) is 6.43. The Labute approximate surface area is 110 Å². The third-order valence-electron chi connectivity index (χ3n) is 2.92. The second-order valence-corrected chi connectivity index (χ2v) is 4.09. The molecule has 0 bridgehead atoms. The van der Waals surface area contributed by atoms with Gasteiger partial charge < -0.3 is 15.2 Å². The lowest BCUT2D eigenvalue weighted by Gasteiger charge is -2.20. The summed E-state index contributed by atoms with van der Waals surface area (Å²) in [5, 5.41) is 0. The number of rotatable bonds is 9. The molecule has 0 aliphatic heterocycles. The van der Waals surface area contributed by atoms with Gasteiger partial charge in [0.2, 0.25) is 0 Å². The average molecular weight is 252 g/mol. The number of nitrogens with zero attached hydrogens (tertiary/aromatic N) is 1. The van der Waals surface area contributed by atoms with Crippen LogP contribution in [-0.2, 0) is 11.3 Å². The fourth-order valence-corrected chi connectivity index (χ4v) is 1.75. The van der Waals surface area contributed by atoms with E-state index in [0.29, 0.717) is 13.2 Å². The Bertz CT molecular complexity index is 331. The molecule has 102 valence electrons. The Balaban J connectivity index is 2.35. The predicted octanol–water partition coefficient (Wildman–Crippen LogP) is 1.49. The predicted molar refractivity (Wildman–Crippen MR) is 73.8 cm³/mol. The van der Waals surface area contributed by atoms with Gasteiger partial charge in [-0.05, 0) is 12.6 Å². The molecule has 2 N–H and O–H groups in total. The van der Waals surface area contributed by atoms with Crippen molar-refractivity contribution in [2.24, 2.45) is 5.73 Å². The zero-order valence-electron chi connectivity index (χ0n) is 11.4. The molecule has 1 aromatic carbocycles. The SMILES string of the molecule is CCN(CCOC)CCOc1ccccc1CN. The van der Waals surface area contributed by atoms with E-state index in [1.807, 2.05) is 24.3 Å². The van der Waals surface area contributed by atoms with Crippen LogP contribution >= 0.6 is 0 Å². The second kappa shape index (κ2) is 8.91. The molecule has 1 rings (SSSR count). The number of nitrogens with two attached hydrogens (primary N) is 1. The lowest BCUT2D eigenvalue weighted by atomic mass is 10.2. The van der Waals surface area contributed by atoms with E-state index in [0.717, 1.165) is 37.6 Å². The van der Waals surface area contributed by atoms with Crippen LogP contribution < -0.4 is 10.5 Å². The summed E-state index contributed by atoms with van der Waals surface area (Å²) < 4.78 is 10.9. The molecule has 0 amide bonds. The van der Waals surface area contributed by atoms with Crippen molar-refractivity contribution in [1.82, 2.24) is 4.90 Å². The first-order chi connectivity index (χ1) is 8.81. The first kappa shape index (κ1) is 15.0. The minimum atomic E-state index is 0.511. The van der Waals surface area contributed by atoms with Crippen LogP contribution in [0.4, 0.5) is 0 Å². The summed E-state index contributed by atoms with van der Waals surface area (Å²) in [6.45, 7) is 6.93. The van der Waals surface area contributed by atoms with Crippen LogP contribution in [0.2, 0.25) is 0 Å². The molecule has 1 aromatic rings.